The Balaban J connectivity index is 2.82. The molecule has 0 unspecified atom stereocenters. The first-order chi connectivity index (χ1) is 4.27. The van der Waals surface area contributed by atoms with Crippen LogP contribution in [-0.2, 0) is 4.74 Å². The highest BCUT2D eigenvalue weighted by atomic mass is 16.5. The van der Waals surface area contributed by atoms with E-state index < -0.39 is 0 Å². The van der Waals surface area contributed by atoms with Gasteiger partial charge in [-0.2, -0.15) is 0 Å². The van der Waals surface area contributed by atoms with Crippen LogP contribution in [0.1, 0.15) is 20.3 Å². The van der Waals surface area contributed by atoms with Crippen molar-refractivity contribution >= 4 is 0 Å². The van der Waals surface area contributed by atoms with E-state index in [1.807, 2.05) is 0 Å². The molecular weight excluding hydrogens is 112 g/mol. The zero-order chi connectivity index (χ0) is 7.11. The van der Waals surface area contributed by atoms with E-state index in [4.69, 9.17) is 4.74 Å². The topological polar surface area (TPSA) is 9.23 Å². The molecule has 0 N–H and O–H groups in total. The van der Waals surface area contributed by atoms with Crippen LogP contribution in [-0.4, -0.2) is 13.2 Å². The van der Waals surface area contributed by atoms with Gasteiger partial charge in [0.25, 0.3) is 0 Å². The lowest BCUT2D eigenvalue weighted by Crippen LogP contribution is -1.98. The third kappa shape index (κ3) is 7.70. The van der Waals surface area contributed by atoms with E-state index in [2.05, 4.69) is 20.4 Å². The summed E-state index contributed by atoms with van der Waals surface area (Å²) in [6.07, 6.45) is 2.92. The monoisotopic (exact) mass is 128 g/mol. The van der Waals surface area contributed by atoms with Crippen LogP contribution in [0.2, 0.25) is 0 Å². The summed E-state index contributed by atoms with van der Waals surface area (Å²) in [6, 6.07) is 0. The van der Waals surface area contributed by atoms with Crippen LogP contribution in [0.3, 0.4) is 0 Å². The summed E-state index contributed by atoms with van der Waals surface area (Å²) >= 11 is 0. The summed E-state index contributed by atoms with van der Waals surface area (Å²) in [5, 5.41) is 0. The number of ether oxygens (including phenoxy) is 1. The van der Waals surface area contributed by atoms with Gasteiger partial charge < -0.3 is 4.74 Å². The Kier molecular flexibility index (Phi) is 5.64. The fourth-order valence-corrected chi connectivity index (χ4v) is 0.486. The average molecular weight is 128 g/mol. The molecule has 1 nitrogen and oxygen atoms in total. The number of rotatable bonds is 5. The second-order valence-electron chi connectivity index (χ2n) is 2.55. The molecule has 0 aliphatic carbocycles. The van der Waals surface area contributed by atoms with Crippen molar-refractivity contribution in [3.05, 3.63) is 12.7 Å². The van der Waals surface area contributed by atoms with E-state index in [-0.39, 0.29) is 0 Å². The summed E-state index contributed by atoms with van der Waals surface area (Å²) < 4.78 is 5.18. The molecule has 0 saturated carbocycles. The van der Waals surface area contributed by atoms with Gasteiger partial charge in [-0.15, -0.1) is 6.58 Å². The van der Waals surface area contributed by atoms with Gasteiger partial charge in [0.05, 0.1) is 6.61 Å². The summed E-state index contributed by atoms with van der Waals surface area (Å²) in [5.74, 6) is 0.745. The highest BCUT2D eigenvalue weighted by Gasteiger charge is 1.90. The van der Waals surface area contributed by atoms with Crippen LogP contribution in [0.15, 0.2) is 12.7 Å². The van der Waals surface area contributed by atoms with Gasteiger partial charge in [-0.25, -0.2) is 0 Å². The molecule has 1 heteroatoms. The normalized spacial score (nSPS) is 10.1. The van der Waals surface area contributed by atoms with E-state index in [0.29, 0.717) is 6.61 Å². The van der Waals surface area contributed by atoms with Gasteiger partial charge in [0.1, 0.15) is 0 Å². The van der Waals surface area contributed by atoms with E-state index in [1.165, 1.54) is 0 Å². The molecule has 0 heterocycles. The van der Waals surface area contributed by atoms with E-state index >= 15 is 0 Å². The summed E-state index contributed by atoms with van der Waals surface area (Å²) in [5.41, 5.74) is 0. The minimum absolute atomic E-state index is 0.687. The average Bonchev–Trinajstić information content (AvgIpc) is 1.80. The maximum atomic E-state index is 5.18. The predicted octanol–water partition coefficient (Wildman–Crippen LogP) is 2.24. The Hall–Kier alpha value is -0.300. The molecule has 0 aromatic rings. The fourth-order valence-electron chi connectivity index (χ4n) is 0.486. The quantitative estimate of drug-likeness (QED) is 0.407. The van der Waals surface area contributed by atoms with E-state index in [0.717, 1.165) is 18.9 Å². The zero-order valence-electron chi connectivity index (χ0n) is 6.39. The van der Waals surface area contributed by atoms with Gasteiger partial charge in [-0.1, -0.05) is 19.9 Å². The van der Waals surface area contributed by atoms with Crippen LogP contribution in [0.5, 0.6) is 0 Å². The number of hydrogen-bond acceptors (Lipinski definition) is 1. The zero-order valence-corrected chi connectivity index (χ0v) is 6.39. The van der Waals surface area contributed by atoms with Crippen molar-refractivity contribution in [3.8, 4) is 0 Å². The molecule has 0 amide bonds. The first-order valence-electron chi connectivity index (χ1n) is 3.46. The van der Waals surface area contributed by atoms with Crippen LogP contribution in [0, 0.1) is 5.92 Å². The molecule has 0 aromatic heterocycles. The summed E-state index contributed by atoms with van der Waals surface area (Å²) in [6.45, 7) is 9.49. The van der Waals surface area contributed by atoms with Crippen molar-refractivity contribution in [1.29, 1.82) is 0 Å². The molecule has 0 saturated heterocycles. The van der Waals surface area contributed by atoms with Crippen molar-refractivity contribution in [2.45, 2.75) is 20.3 Å². The van der Waals surface area contributed by atoms with Crippen molar-refractivity contribution < 1.29 is 4.74 Å². The Bertz CT molecular complexity index is 67.0. The molecule has 0 rings (SSSR count). The largest absolute Gasteiger partial charge is 0.377 e. The standard InChI is InChI=1S/C8H16O/c1-4-6-9-7-5-8(2)3/h4,8H,1,5-7H2,2-3H3. The van der Waals surface area contributed by atoms with Crippen molar-refractivity contribution in [2.24, 2.45) is 5.92 Å². The maximum absolute atomic E-state index is 5.18. The van der Waals surface area contributed by atoms with Gasteiger partial charge in [0.15, 0.2) is 0 Å². The van der Waals surface area contributed by atoms with E-state index in [1.54, 1.807) is 6.08 Å². The molecular formula is C8H16O. The Morgan fingerprint density at radius 1 is 1.56 bits per heavy atom. The summed E-state index contributed by atoms with van der Waals surface area (Å²) in [4.78, 5) is 0. The van der Waals surface area contributed by atoms with Crippen LogP contribution >= 0.6 is 0 Å². The first kappa shape index (κ1) is 8.70. The SMILES string of the molecule is C=CCOCCC(C)C. The van der Waals surface area contributed by atoms with Crippen molar-refractivity contribution in [3.63, 3.8) is 0 Å². The Morgan fingerprint density at radius 2 is 2.22 bits per heavy atom. The Morgan fingerprint density at radius 3 is 2.67 bits per heavy atom. The minimum Gasteiger partial charge on any atom is -0.377 e. The fraction of sp³-hybridized carbons (Fsp3) is 0.750. The Labute approximate surface area is 57.7 Å². The second-order valence-corrected chi connectivity index (χ2v) is 2.55. The smallest absolute Gasteiger partial charge is 0.0644 e. The molecule has 0 fully saturated rings. The van der Waals surface area contributed by atoms with E-state index in [9.17, 15) is 0 Å². The van der Waals surface area contributed by atoms with Gasteiger partial charge in [-0.3, -0.25) is 0 Å². The molecule has 0 aliphatic rings. The third-order valence-electron chi connectivity index (χ3n) is 1.08. The molecule has 0 atom stereocenters. The molecule has 9 heavy (non-hydrogen) atoms. The molecule has 0 aliphatic heterocycles. The van der Waals surface area contributed by atoms with Crippen LogP contribution in [0.25, 0.3) is 0 Å². The number of hydrogen-bond donors (Lipinski definition) is 0. The maximum Gasteiger partial charge on any atom is 0.0644 e. The summed E-state index contributed by atoms with van der Waals surface area (Å²) in [7, 11) is 0. The molecule has 0 radical (unpaired) electrons. The third-order valence-corrected chi connectivity index (χ3v) is 1.08. The molecule has 54 valence electrons. The van der Waals surface area contributed by atoms with Gasteiger partial charge in [0.2, 0.25) is 0 Å². The highest BCUT2D eigenvalue weighted by Crippen LogP contribution is 1.98. The molecule has 0 bridgehead atoms. The minimum atomic E-state index is 0.687. The molecule has 0 aromatic carbocycles. The van der Waals surface area contributed by atoms with Gasteiger partial charge >= 0.3 is 0 Å². The lowest BCUT2D eigenvalue weighted by Gasteiger charge is -2.02. The van der Waals surface area contributed by atoms with Crippen LogP contribution in [0.4, 0.5) is 0 Å². The predicted molar refractivity (Wildman–Crippen MR) is 40.5 cm³/mol. The lowest BCUT2D eigenvalue weighted by atomic mass is 10.1. The van der Waals surface area contributed by atoms with Gasteiger partial charge in [0, 0.05) is 6.61 Å². The lowest BCUT2D eigenvalue weighted by molar-refractivity contribution is 0.150. The van der Waals surface area contributed by atoms with Crippen LogP contribution < -0.4 is 0 Å². The molecule has 0 spiro atoms. The van der Waals surface area contributed by atoms with Crippen molar-refractivity contribution in [2.75, 3.05) is 13.2 Å². The highest BCUT2D eigenvalue weighted by molar-refractivity contribution is 4.63. The first-order valence-corrected chi connectivity index (χ1v) is 3.46. The van der Waals surface area contributed by atoms with Crippen molar-refractivity contribution in [1.82, 2.24) is 0 Å². The second kappa shape index (κ2) is 5.83. The van der Waals surface area contributed by atoms with Gasteiger partial charge in [-0.05, 0) is 12.3 Å².